The van der Waals surface area contributed by atoms with Crippen molar-refractivity contribution in [3.8, 4) is 0 Å². The third-order valence-electron chi connectivity index (χ3n) is 3.61. The van der Waals surface area contributed by atoms with Crippen LogP contribution in [0.5, 0.6) is 0 Å². The number of fused-ring (bicyclic) bond motifs is 2. The predicted molar refractivity (Wildman–Crippen MR) is 44.6 cm³/mol. The Kier molecular flexibility index (Phi) is 1.20. The summed E-state index contributed by atoms with van der Waals surface area (Å²) in [4.78, 5) is 23.3. The number of rotatable bonds is 0. The number of carbonyl (C=O) groups excluding carboxylic acids is 2. The Morgan fingerprint density at radius 3 is 2.17 bits per heavy atom. The first-order chi connectivity index (χ1) is 5.38. The van der Waals surface area contributed by atoms with Gasteiger partial charge >= 0.3 is 0 Å². The normalized spacial score (nSPS) is 44.1. The van der Waals surface area contributed by atoms with Crippen molar-refractivity contribution in [2.24, 2.45) is 16.7 Å². The van der Waals surface area contributed by atoms with Crippen LogP contribution in [0.15, 0.2) is 0 Å². The molecule has 0 N–H and O–H groups in total. The second-order valence-electron chi connectivity index (χ2n) is 5.01. The lowest BCUT2D eigenvalue weighted by Gasteiger charge is -2.30. The van der Waals surface area contributed by atoms with Gasteiger partial charge in [-0.2, -0.15) is 0 Å². The number of hydrogen-bond acceptors (Lipinski definition) is 2. The molecule has 0 spiro atoms. The fourth-order valence-electron chi connectivity index (χ4n) is 2.91. The van der Waals surface area contributed by atoms with E-state index >= 15 is 0 Å². The first-order valence-corrected chi connectivity index (χ1v) is 4.45. The van der Waals surface area contributed by atoms with Crippen LogP contribution < -0.4 is 0 Å². The van der Waals surface area contributed by atoms with Gasteiger partial charge in [0.25, 0.3) is 0 Å². The molecule has 0 aliphatic heterocycles. The molecule has 2 rings (SSSR count). The van der Waals surface area contributed by atoms with Gasteiger partial charge in [0.2, 0.25) is 0 Å². The summed E-state index contributed by atoms with van der Waals surface area (Å²) in [5.41, 5.74) is -0.699. The van der Waals surface area contributed by atoms with Crippen molar-refractivity contribution in [1.29, 1.82) is 0 Å². The largest absolute Gasteiger partial charge is 0.299 e. The molecule has 2 nitrogen and oxygen atoms in total. The molecule has 0 heterocycles. The third-order valence-corrected chi connectivity index (χ3v) is 3.61. The molecule has 0 saturated heterocycles. The number of hydrogen-bond donors (Lipinski definition) is 0. The average molecular weight is 166 g/mol. The van der Waals surface area contributed by atoms with Crippen LogP contribution in [0.25, 0.3) is 0 Å². The van der Waals surface area contributed by atoms with Gasteiger partial charge in [-0.15, -0.1) is 0 Å². The fraction of sp³-hybridized carbons (Fsp3) is 0.800. The minimum Gasteiger partial charge on any atom is -0.299 e. The van der Waals surface area contributed by atoms with Crippen molar-refractivity contribution in [3.05, 3.63) is 0 Å². The van der Waals surface area contributed by atoms with E-state index in [4.69, 9.17) is 0 Å². The zero-order chi connectivity index (χ0) is 9.15. The molecule has 2 aliphatic carbocycles. The number of Topliss-reactive ketones (excluding diaryl/α,β-unsaturated/α-hetero) is 2. The molecule has 0 aromatic carbocycles. The van der Waals surface area contributed by atoms with Crippen LogP contribution in [0.3, 0.4) is 0 Å². The quantitative estimate of drug-likeness (QED) is 0.547. The molecule has 0 radical (unpaired) electrons. The van der Waals surface area contributed by atoms with Gasteiger partial charge in [-0.25, -0.2) is 0 Å². The summed E-state index contributed by atoms with van der Waals surface area (Å²) in [7, 11) is 0. The minimum absolute atomic E-state index is 0.00926. The molecule has 2 aliphatic rings. The Bertz CT molecular complexity index is 271. The average Bonchev–Trinajstić information content (AvgIpc) is 2.32. The highest BCUT2D eigenvalue weighted by atomic mass is 16.1. The number of carbonyl (C=O) groups is 2. The fourth-order valence-corrected chi connectivity index (χ4v) is 2.91. The molecule has 2 fully saturated rings. The van der Waals surface area contributed by atoms with E-state index in [1.807, 2.05) is 20.8 Å². The van der Waals surface area contributed by atoms with Crippen LogP contribution in [-0.4, -0.2) is 11.6 Å². The second-order valence-corrected chi connectivity index (χ2v) is 5.01. The van der Waals surface area contributed by atoms with Gasteiger partial charge in [0.15, 0.2) is 0 Å². The summed E-state index contributed by atoms with van der Waals surface area (Å²) < 4.78 is 0. The lowest BCUT2D eigenvalue weighted by molar-refractivity contribution is -0.142. The molecule has 2 heteroatoms. The first-order valence-electron chi connectivity index (χ1n) is 4.45. The van der Waals surface area contributed by atoms with Crippen LogP contribution in [-0.2, 0) is 9.59 Å². The summed E-state index contributed by atoms with van der Waals surface area (Å²) in [5.74, 6) is 0.594. The molecule has 0 amide bonds. The highest BCUT2D eigenvalue weighted by Crippen LogP contribution is 2.57. The van der Waals surface area contributed by atoms with Crippen LogP contribution in [0.2, 0.25) is 0 Å². The van der Waals surface area contributed by atoms with Crippen LogP contribution in [0.4, 0.5) is 0 Å². The zero-order valence-electron chi connectivity index (χ0n) is 7.81. The Labute approximate surface area is 72.3 Å². The Morgan fingerprint density at radius 1 is 1.25 bits per heavy atom. The van der Waals surface area contributed by atoms with Gasteiger partial charge in [0, 0.05) is 23.2 Å². The van der Waals surface area contributed by atoms with E-state index in [0.717, 1.165) is 6.42 Å². The molecule has 2 unspecified atom stereocenters. The summed E-state index contributed by atoms with van der Waals surface area (Å²) >= 11 is 0. The van der Waals surface area contributed by atoms with Crippen LogP contribution in [0, 0.1) is 16.7 Å². The SMILES string of the molecule is CC12CC(=O)C(C1)C(C)(C)C2=O. The number of ketones is 2. The van der Waals surface area contributed by atoms with E-state index in [9.17, 15) is 9.59 Å². The Hall–Kier alpha value is -0.660. The Balaban J connectivity index is 2.49. The molecule has 2 atom stereocenters. The van der Waals surface area contributed by atoms with Crippen LogP contribution >= 0.6 is 0 Å². The van der Waals surface area contributed by atoms with E-state index in [1.165, 1.54) is 0 Å². The molecule has 2 bridgehead atoms. The summed E-state index contributed by atoms with van der Waals surface area (Å²) in [6.07, 6.45) is 1.28. The third kappa shape index (κ3) is 0.661. The summed E-state index contributed by atoms with van der Waals surface area (Å²) in [6, 6.07) is 0. The van der Waals surface area contributed by atoms with Gasteiger partial charge in [-0.3, -0.25) is 9.59 Å². The van der Waals surface area contributed by atoms with Gasteiger partial charge in [0.05, 0.1) is 0 Å². The van der Waals surface area contributed by atoms with Gasteiger partial charge in [-0.05, 0) is 6.42 Å². The molecule has 0 aromatic heterocycles. The van der Waals surface area contributed by atoms with Gasteiger partial charge in [0.1, 0.15) is 11.6 Å². The Morgan fingerprint density at radius 2 is 1.83 bits per heavy atom. The van der Waals surface area contributed by atoms with E-state index in [1.54, 1.807) is 0 Å². The smallest absolute Gasteiger partial charge is 0.145 e. The highest BCUT2D eigenvalue weighted by molar-refractivity contribution is 6.06. The second kappa shape index (κ2) is 1.81. The molecule has 66 valence electrons. The maximum Gasteiger partial charge on any atom is 0.145 e. The maximum atomic E-state index is 11.8. The van der Waals surface area contributed by atoms with Crippen LogP contribution in [0.1, 0.15) is 33.6 Å². The topological polar surface area (TPSA) is 34.1 Å². The molecule has 0 aromatic rings. The lowest BCUT2D eigenvalue weighted by atomic mass is 9.71. The lowest BCUT2D eigenvalue weighted by Crippen LogP contribution is -2.39. The minimum atomic E-state index is -0.385. The van der Waals surface area contributed by atoms with Crippen molar-refractivity contribution in [2.45, 2.75) is 33.6 Å². The standard InChI is InChI=1S/C10H14O2/c1-9(2)6-4-10(3,8(9)12)5-7(6)11/h6H,4-5H2,1-3H3. The van der Waals surface area contributed by atoms with Crippen molar-refractivity contribution in [3.63, 3.8) is 0 Å². The van der Waals surface area contributed by atoms with Gasteiger partial charge in [-0.1, -0.05) is 20.8 Å². The summed E-state index contributed by atoms with van der Waals surface area (Å²) in [5, 5.41) is 0. The predicted octanol–water partition coefficient (Wildman–Crippen LogP) is 1.58. The first kappa shape index (κ1) is 7.96. The van der Waals surface area contributed by atoms with E-state index in [-0.39, 0.29) is 16.7 Å². The van der Waals surface area contributed by atoms with E-state index in [2.05, 4.69) is 0 Å². The van der Waals surface area contributed by atoms with Crippen molar-refractivity contribution < 1.29 is 9.59 Å². The monoisotopic (exact) mass is 166 g/mol. The molecular weight excluding hydrogens is 152 g/mol. The molecule has 12 heavy (non-hydrogen) atoms. The zero-order valence-corrected chi connectivity index (χ0v) is 7.81. The van der Waals surface area contributed by atoms with Gasteiger partial charge < -0.3 is 0 Å². The highest BCUT2D eigenvalue weighted by Gasteiger charge is 2.63. The summed E-state index contributed by atoms with van der Waals surface area (Å²) in [6.45, 7) is 5.74. The van der Waals surface area contributed by atoms with E-state index in [0.29, 0.717) is 18.0 Å². The van der Waals surface area contributed by atoms with Crippen molar-refractivity contribution >= 4 is 11.6 Å². The van der Waals surface area contributed by atoms with E-state index < -0.39 is 0 Å². The molecule has 2 saturated carbocycles. The van der Waals surface area contributed by atoms with Crippen molar-refractivity contribution in [1.82, 2.24) is 0 Å². The maximum absolute atomic E-state index is 11.8. The molecular formula is C10H14O2. The van der Waals surface area contributed by atoms with Crippen molar-refractivity contribution in [2.75, 3.05) is 0 Å².